The van der Waals surface area contributed by atoms with Gasteiger partial charge in [0.15, 0.2) is 6.29 Å². The molecule has 0 aliphatic heterocycles. The number of carbonyl (C=O) groups excluding carboxylic acids is 2. The molecule has 0 bridgehead atoms. The molecule has 0 fully saturated rings. The fourth-order valence-electron chi connectivity index (χ4n) is 3.02. The normalized spacial score (nSPS) is 11.4. The predicted molar refractivity (Wildman–Crippen MR) is 118 cm³/mol. The standard InChI is InChI=1S/C21H23N4O7P/c1-24(2)12-9-20(27)25-17(8-11-23-25)21-15(5-4-10-22-21)14-31-18-6-3-7-19(16(18)13-26)32-33(28,29)30/h3-8,10-11,13H,9,12,14H2,1-2H3,(H2,28,29,30). The van der Waals surface area contributed by atoms with E-state index >= 15 is 0 Å². The highest BCUT2D eigenvalue weighted by molar-refractivity contribution is 7.46. The van der Waals surface area contributed by atoms with Gasteiger partial charge in [-0.15, -0.1) is 0 Å². The number of hydrogen-bond acceptors (Lipinski definition) is 8. The van der Waals surface area contributed by atoms with Gasteiger partial charge in [0.25, 0.3) is 0 Å². The van der Waals surface area contributed by atoms with Gasteiger partial charge in [-0.1, -0.05) is 12.1 Å². The third-order valence-corrected chi connectivity index (χ3v) is 4.96. The van der Waals surface area contributed by atoms with Crippen LogP contribution in [0.1, 0.15) is 27.1 Å². The van der Waals surface area contributed by atoms with Gasteiger partial charge in [0.2, 0.25) is 5.91 Å². The maximum Gasteiger partial charge on any atom is 0.524 e. The number of phosphoric ester groups is 1. The quantitative estimate of drug-likeness (QED) is 0.332. The molecule has 174 valence electrons. The van der Waals surface area contributed by atoms with Crippen LogP contribution in [-0.4, -0.2) is 62.3 Å². The van der Waals surface area contributed by atoms with Crippen LogP contribution in [0.15, 0.2) is 48.8 Å². The van der Waals surface area contributed by atoms with Crippen molar-refractivity contribution in [1.82, 2.24) is 19.7 Å². The van der Waals surface area contributed by atoms with Crippen LogP contribution in [0.4, 0.5) is 0 Å². The SMILES string of the molecule is CN(C)CCC(=O)n1nccc1-c1ncccc1COc1cccc(OP(=O)(O)O)c1C=O. The highest BCUT2D eigenvalue weighted by Crippen LogP contribution is 2.41. The molecule has 0 radical (unpaired) electrons. The molecule has 11 nitrogen and oxygen atoms in total. The molecule has 3 rings (SSSR count). The van der Waals surface area contributed by atoms with Crippen molar-refractivity contribution in [3.8, 4) is 22.9 Å². The molecule has 0 atom stereocenters. The summed E-state index contributed by atoms with van der Waals surface area (Å²) in [4.78, 5) is 48.6. The number of aromatic nitrogens is 3. The van der Waals surface area contributed by atoms with Crippen LogP contribution in [-0.2, 0) is 11.2 Å². The van der Waals surface area contributed by atoms with E-state index in [-0.39, 0.29) is 36.0 Å². The van der Waals surface area contributed by atoms with Gasteiger partial charge in [-0.3, -0.25) is 24.4 Å². The van der Waals surface area contributed by atoms with E-state index < -0.39 is 7.82 Å². The zero-order valence-electron chi connectivity index (χ0n) is 18.0. The van der Waals surface area contributed by atoms with Crippen LogP contribution in [0.5, 0.6) is 11.5 Å². The molecular weight excluding hydrogens is 451 g/mol. The van der Waals surface area contributed by atoms with E-state index in [0.717, 1.165) is 0 Å². The number of phosphoric acid groups is 1. The third-order valence-electron chi connectivity index (χ3n) is 4.53. The Labute approximate surface area is 189 Å². The molecule has 0 amide bonds. The predicted octanol–water partition coefficient (Wildman–Crippen LogP) is 2.40. The zero-order chi connectivity index (χ0) is 24.0. The average Bonchev–Trinajstić information content (AvgIpc) is 3.25. The first-order chi connectivity index (χ1) is 15.7. The first kappa shape index (κ1) is 24.3. The number of hydrogen-bond donors (Lipinski definition) is 2. The molecule has 2 aromatic heterocycles. The van der Waals surface area contributed by atoms with Gasteiger partial charge in [0, 0.05) is 24.7 Å². The highest BCUT2D eigenvalue weighted by Gasteiger charge is 2.21. The molecule has 0 saturated heterocycles. The molecule has 0 aliphatic rings. The van der Waals surface area contributed by atoms with Crippen molar-refractivity contribution < 1.29 is 33.2 Å². The van der Waals surface area contributed by atoms with Crippen LogP contribution in [0, 0.1) is 0 Å². The monoisotopic (exact) mass is 474 g/mol. The van der Waals surface area contributed by atoms with Gasteiger partial charge in [-0.25, -0.2) is 4.57 Å². The van der Waals surface area contributed by atoms with Crippen molar-refractivity contribution in [2.45, 2.75) is 13.0 Å². The molecule has 0 unspecified atom stereocenters. The summed E-state index contributed by atoms with van der Waals surface area (Å²) in [5.41, 5.74) is 1.43. The minimum atomic E-state index is -4.86. The molecule has 0 aliphatic carbocycles. The Balaban J connectivity index is 1.86. The molecule has 0 spiro atoms. The summed E-state index contributed by atoms with van der Waals surface area (Å²) >= 11 is 0. The van der Waals surface area contributed by atoms with E-state index in [1.807, 2.05) is 19.0 Å². The average molecular weight is 474 g/mol. The lowest BCUT2D eigenvalue weighted by atomic mass is 10.1. The van der Waals surface area contributed by atoms with Gasteiger partial charge in [0.05, 0.1) is 23.1 Å². The van der Waals surface area contributed by atoms with Crippen molar-refractivity contribution in [3.05, 3.63) is 59.9 Å². The van der Waals surface area contributed by atoms with Gasteiger partial charge in [0.1, 0.15) is 18.1 Å². The third kappa shape index (κ3) is 6.33. The van der Waals surface area contributed by atoms with Crippen LogP contribution >= 0.6 is 7.82 Å². The Morgan fingerprint density at radius 1 is 1.15 bits per heavy atom. The first-order valence-corrected chi connectivity index (χ1v) is 11.3. The van der Waals surface area contributed by atoms with E-state index in [2.05, 4.69) is 14.6 Å². The summed E-state index contributed by atoms with van der Waals surface area (Å²) in [5, 5.41) is 4.13. The van der Waals surface area contributed by atoms with Gasteiger partial charge in [-0.2, -0.15) is 9.78 Å². The Morgan fingerprint density at radius 2 is 1.91 bits per heavy atom. The van der Waals surface area contributed by atoms with E-state index in [1.165, 1.54) is 29.1 Å². The second-order valence-corrected chi connectivity index (χ2v) is 8.41. The van der Waals surface area contributed by atoms with E-state index in [9.17, 15) is 14.2 Å². The number of rotatable bonds is 10. The van der Waals surface area contributed by atoms with Crippen molar-refractivity contribution in [1.29, 1.82) is 0 Å². The summed E-state index contributed by atoms with van der Waals surface area (Å²) in [7, 11) is -1.11. The minimum absolute atomic E-state index is 0.0412. The Bertz CT molecular complexity index is 1190. The fourth-order valence-corrected chi connectivity index (χ4v) is 3.44. The number of carbonyl (C=O) groups is 2. The Kier molecular flexibility index (Phi) is 7.72. The molecule has 0 saturated carbocycles. The van der Waals surface area contributed by atoms with Crippen LogP contribution in [0.3, 0.4) is 0 Å². The summed E-state index contributed by atoms with van der Waals surface area (Å²) in [5.74, 6) is -0.417. The van der Waals surface area contributed by atoms with Crippen LogP contribution in [0.25, 0.3) is 11.4 Å². The lowest BCUT2D eigenvalue weighted by Crippen LogP contribution is -2.21. The molecule has 2 N–H and O–H groups in total. The van der Waals surface area contributed by atoms with E-state index in [1.54, 1.807) is 24.4 Å². The molecular formula is C21H23N4O7P. The molecule has 12 heteroatoms. The maximum atomic E-state index is 12.6. The molecule has 33 heavy (non-hydrogen) atoms. The number of nitrogens with zero attached hydrogens (tertiary/aromatic N) is 4. The lowest BCUT2D eigenvalue weighted by molar-refractivity contribution is 0.0878. The smallest absolute Gasteiger partial charge is 0.488 e. The van der Waals surface area contributed by atoms with E-state index in [0.29, 0.717) is 29.8 Å². The minimum Gasteiger partial charge on any atom is -0.488 e. The summed E-state index contributed by atoms with van der Waals surface area (Å²) in [6.07, 6.45) is 3.75. The van der Waals surface area contributed by atoms with Crippen molar-refractivity contribution in [2.75, 3.05) is 20.6 Å². The molecule has 1 aromatic carbocycles. The zero-order valence-corrected chi connectivity index (χ0v) is 18.9. The summed E-state index contributed by atoms with van der Waals surface area (Å²) < 4.78 is 22.8. The summed E-state index contributed by atoms with van der Waals surface area (Å²) in [6, 6.07) is 9.29. The summed E-state index contributed by atoms with van der Waals surface area (Å²) in [6.45, 7) is 0.526. The first-order valence-electron chi connectivity index (χ1n) is 9.82. The van der Waals surface area contributed by atoms with Gasteiger partial charge in [-0.05, 0) is 38.4 Å². The Morgan fingerprint density at radius 3 is 2.61 bits per heavy atom. The fraction of sp³-hybridized carbons (Fsp3) is 0.238. The number of ether oxygens (including phenoxy) is 1. The van der Waals surface area contributed by atoms with Crippen LogP contribution < -0.4 is 9.26 Å². The molecule has 2 heterocycles. The highest BCUT2D eigenvalue weighted by atomic mass is 31.2. The van der Waals surface area contributed by atoms with Gasteiger partial charge >= 0.3 is 7.82 Å². The van der Waals surface area contributed by atoms with E-state index in [4.69, 9.17) is 14.5 Å². The topological polar surface area (TPSA) is 144 Å². The Hall–Kier alpha value is -3.37. The maximum absolute atomic E-state index is 12.6. The second-order valence-electron chi connectivity index (χ2n) is 7.24. The van der Waals surface area contributed by atoms with Crippen molar-refractivity contribution in [3.63, 3.8) is 0 Å². The van der Waals surface area contributed by atoms with Crippen molar-refractivity contribution in [2.24, 2.45) is 0 Å². The number of benzene rings is 1. The van der Waals surface area contributed by atoms with Gasteiger partial charge < -0.3 is 14.2 Å². The second kappa shape index (κ2) is 10.5. The van der Waals surface area contributed by atoms with Crippen LogP contribution in [0.2, 0.25) is 0 Å². The largest absolute Gasteiger partial charge is 0.524 e. The number of aldehydes is 1. The lowest BCUT2D eigenvalue weighted by Gasteiger charge is -2.15. The van der Waals surface area contributed by atoms with Crippen molar-refractivity contribution >= 4 is 20.0 Å². The number of pyridine rings is 1. The molecule has 3 aromatic rings.